The van der Waals surface area contributed by atoms with Gasteiger partial charge in [0.2, 0.25) is 12.5 Å². The molecular formula is C18H14NO7PS2-2. The van der Waals surface area contributed by atoms with Gasteiger partial charge in [0.1, 0.15) is 13.6 Å². The molecule has 4 rings (SSSR count). The van der Waals surface area contributed by atoms with E-state index in [2.05, 4.69) is 8.90 Å². The van der Waals surface area contributed by atoms with Gasteiger partial charge < -0.3 is 33.1 Å². The zero-order valence-corrected chi connectivity index (χ0v) is 17.8. The van der Waals surface area contributed by atoms with Crippen molar-refractivity contribution in [2.45, 2.75) is 4.90 Å². The first-order valence-corrected chi connectivity index (χ1v) is 11.7. The number of fused-ring (bicyclic) bond motifs is 1. The molecule has 3 aromatic rings. The maximum Gasteiger partial charge on any atom is 0.231 e. The number of hydrogen-bond acceptors (Lipinski definition) is 10. The third-order valence-electron chi connectivity index (χ3n) is 4.18. The van der Waals surface area contributed by atoms with Crippen molar-refractivity contribution >= 4 is 31.1 Å². The molecule has 152 valence electrons. The molecule has 8 nitrogen and oxygen atoms in total. The SMILES string of the molecule is COc1cc(-c2sncc2-c2ccc(SC)c(OP(=O)([O-])[O-])c2)cc2c1OCO2. The number of methoxy groups -OCH3 is 1. The Morgan fingerprint density at radius 1 is 1.17 bits per heavy atom. The highest BCUT2D eigenvalue weighted by Gasteiger charge is 2.22. The van der Waals surface area contributed by atoms with E-state index in [0.717, 1.165) is 16.0 Å². The van der Waals surface area contributed by atoms with Crippen LogP contribution in [-0.4, -0.2) is 24.5 Å². The monoisotopic (exact) mass is 451 g/mol. The topological polar surface area (TPSA) is 113 Å². The van der Waals surface area contributed by atoms with Crippen molar-refractivity contribution in [3.63, 3.8) is 0 Å². The number of nitrogens with zero attached hydrogens (tertiary/aromatic N) is 1. The molecule has 0 spiro atoms. The molecule has 1 aliphatic heterocycles. The van der Waals surface area contributed by atoms with E-state index in [1.54, 1.807) is 25.6 Å². The molecule has 1 aliphatic rings. The Labute approximate surface area is 174 Å². The van der Waals surface area contributed by atoms with Crippen LogP contribution in [0.2, 0.25) is 0 Å². The smallest absolute Gasteiger partial charge is 0.231 e. The lowest BCUT2D eigenvalue weighted by Gasteiger charge is -2.30. The van der Waals surface area contributed by atoms with Crippen molar-refractivity contribution in [2.24, 2.45) is 0 Å². The van der Waals surface area contributed by atoms with E-state index in [-0.39, 0.29) is 12.5 Å². The van der Waals surface area contributed by atoms with E-state index in [1.807, 2.05) is 18.2 Å². The van der Waals surface area contributed by atoms with Gasteiger partial charge in [-0.25, -0.2) is 0 Å². The largest absolute Gasteiger partial charge is 0.780 e. The average molecular weight is 451 g/mol. The van der Waals surface area contributed by atoms with Gasteiger partial charge in [-0.2, -0.15) is 4.37 Å². The number of aromatic nitrogens is 1. The highest BCUT2D eigenvalue weighted by atomic mass is 32.2. The first kappa shape index (κ1) is 20.1. The van der Waals surface area contributed by atoms with Crippen LogP contribution in [0.5, 0.6) is 23.0 Å². The van der Waals surface area contributed by atoms with E-state index in [1.165, 1.54) is 29.4 Å². The van der Waals surface area contributed by atoms with Gasteiger partial charge >= 0.3 is 0 Å². The molecule has 1 aromatic heterocycles. The maximum atomic E-state index is 11.1. The lowest BCUT2D eigenvalue weighted by Crippen LogP contribution is -2.18. The standard InChI is InChI=1S/C18H16NO7PS2/c1-23-14-6-11(7-15-17(14)25-9-24-15)18-12(8-19-29-18)10-3-4-16(28-2)13(5-10)26-27(20,21)22/h3-8H,9H2,1-2H3,(H2,20,21,22)/p-2. The summed E-state index contributed by atoms with van der Waals surface area (Å²) in [6.45, 7) is 0.117. The number of phosphoric acid groups is 1. The molecule has 0 unspecified atom stereocenters. The number of ether oxygens (including phenoxy) is 3. The van der Waals surface area contributed by atoms with Crippen molar-refractivity contribution in [1.29, 1.82) is 0 Å². The van der Waals surface area contributed by atoms with Crippen LogP contribution in [0.25, 0.3) is 21.6 Å². The number of rotatable bonds is 6. The summed E-state index contributed by atoms with van der Waals surface area (Å²) in [7, 11) is -3.64. The molecular weight excluding hydrogens is 437 g/mol. The van der Waals surface area contributed by atoms with Crippen LogP contribution in [0.4, 0.5) is 0 Å². The summed E-state index contributed by atoms with van der Waals surface area (Å²) in [5.41, 5.74) is 2.21. The molecule has 2 aromatic carbocycles. The van der Waals surface area contributed by atoms with E-state index in [4.69, 9.17) is 14.2 Å². The summed E-state index contributed by atoms with van der Waals surface area (Å²) in [6.07, 6.45) is 3.43. The normalized spacial score (nSPS) is 12.8. The fraction of sp³-hybridized carbons (Fsp3) is 0.167. The Bertz CT molecular complexity index is 1110. The number of thioether (sulfide) groups is 1. The zero-order valence-electron chi connectivity index (χ0n) is 15.2. The van der Waals surface area contributed by atoms with Gasteiger partial charge in [0.15, 0.2) is 11.5 Å². The van der Waals surface area contributed by atoms with Gasteiger partial charge in [-0.3, -0.25) is 0 Å². The molecule has 0 N–H and O–H groups in total. The quantitative estimate of drug-likeness (QED) is 0.412. The Morgan fingerprint density at radius 3 is 2.69 bits per heavy atom. The first-order valence-electron chi connectivity index (χ1n) is 8.22. The minimum Gasteiger partial charge on any atom is -0.780 e. The van der Waals surface area contributed by atoms with Crippen LogP contribution in [0.1, 0.15) is 0 Å². The first-order chi connectivity index (χ1) is 13.9. The van der Waals surface area contributed by atoms with Crippen molar-refractivity contribution in [3.8, 4) is 44.6 Å². The Morgan fingerprint density at radius 2 is 1.97 bits per heavy atom. The second kappa shape index (κ2) is 7.89. The maximum absolute atomic E-state index is 11.1. The molecule has 0 atom stereocenters. The minimum absolute atomic E-state index is 0.0104. The molecule has 0 amide bonds. The predicted molar refractivity (Wildman–Crippen MR) is 106 cm³/mol. The Hall–Kier alpha value is -2.23. The molecule has 0 saturated heterocycles. The van der Waals surface area contributed by atoms with Crippen LogP contribution in [0.3, 0.4) is 0 Å². The Balaban J connectivity index is 1.80. The van der Waals surface area contributed by atoms with Crippen LogP contribution in [0.15, 0.2) is 41.4 Å². The van der Waals surface area contributed by atoms with Crippen molar-refractivity contribution < 1.29 is 33.1 Å². The minimum atomic E-state index is -5.19. The Kier molecular flexibility index (Phi) is 5.46. The summed E-state index contributed by atoms with van der Waals surface area (Å²) in [5, 5.41) is 0. The molecule has 0 radical (unpaired) electrons. The number of phosphoric ester groups is 1. The molecule has 0 bridgehead atoms. The zero-order chi connectivity index (χ0) is 20.6. The molecule has 11 heteroatoms. The van der Waals surface area contributed by atoms with E-state index in [0.29, 0.717) is 27.7 Å². The molecule has 0 saturated carbocycles. The summed E-state index contributed by atoms with van der Waals surface area (Å²) in [6, 6.07) is 8.69. The fourth-order valence-corrected chi connectivity index (χ4v) is 4.67. The average Bonchev–Trinajstić information content (AvgIpc) is 3.35. The van der Waals surface area contributed by atoms with E-state index >= 15 is 0 Å². The number of hydrogen-bond donors (Lipinski definition) is 0. The second-order valence-corrected chi connectivity index (χ2v) is 8.61. The van der Waals surface area contributed by atoms with Crippen molar-refractivity contribution in [1.82, 2.24) is 4.37 Å². The fourth-order valence-electron chi connectivity index (χ4n) is 2.95. The van der Waals surface area contributed by atoms with Gasteiger partial charge in [-0.15, -0.1) is 11.8 Å². The van der Waals surface area contributed by atoms with Gasteiger partial charge in [0.05, 0.1) is 12.0 Å². The molecule has 0 aliphatic carbocycles. The summed E-state index contributed by atoms with van der Waals surface area (Å²) in [5.74, 6) is 1.64. The highest BCUT2D eigenvalue weighted by molar-refractivity contribution is 7.98. The van der Waals surface area contributed by atoms with Crippen molar-refractivity contribution in [2.75, 3.05) is 20.2 Å². The second-order valence-electron chi connectivity index (χ2n) is 5.89. The van der Waals surface area contributed by atoms with Crippen LogP contribution in [-0.2, 0) is 4.57 Å². The van der Waals surface area contributed by atoms with Crippen molar-refractivity contribution in [3.05, 3.63) is 36.5 Å². The van der Waals surface area contributed by atoms with Gasteiger partial charge in [-0.05, 0) is 47.6 Å². The highest BCUT2D eigenvalue weighted by Crippen LogP contribution is 2.47. The van der Waals surface area contributed by atoms with Gasteiger partial charge in [0, 0.05) is 22.2 Å². The third kappa shape index (κ3) is 4.08. The van der Waals surface area contributed by atoms with E-state index in [9.17, 15) is 14.4 Å². The third-order valence-corrected chi connectivity index (χ3v) is 6.22. The molecule has 0 fully saturated rings. The van der Waals surface area contributed by atoms with Crippen LogP contribution >= 0.6 is 31.1 Å². The summed E-state index contributed by atoms with van der Waals surface area (Å²) >= 11 is 2.54. The lowest BCUT2D eigenvalue weighted by atomic mass is 10.0. The molecule has 29 heavy (non-hydrogen) atoms. The van der Waals surface area contributed by atoms with Gasteiger partial charge in [-0.1, -0.05) is 6.07 Å². The lowest BCUT2D eigenvalue weighted by molar-refractivity contribution is -0.333. The van der Waals surface area contributed by atoms with Crippen LogP contribution in [0, 0.1) is 0 Å². The predicted octanol–water partition coefficient (Wildman–Crippen LogP) is 3.14. The number of benzene rings is 2. The van der Waals surface area contributed by atoms with E-state index < -0.39 is 7.82 Å². The summed E-state index contributed by atoms with van der Waals surface area (Å²) in [4.78, 5) is 23.6. The summed E-state index contributed by atoms with van der Waals surface area (Å²) < 4.78 is 36.4. The van der Waals surface area contributed by atoms with Crippen LogP contribution < -0.4 is 28.5 Å². The molecule has 2 heterocycles. The van der Waals surface area contributed by atoms with Gasteiger partial charge in [0.25, 0.3) is 0 Å².